The Hall–Kier alpha value is -4.13. The Kier molecular flexibility index (Phi) is 8.48. The summed E-state index contributed by atoms with van der Waals surface area (Å²) in [5.74, 6) is 0.246. The third kappa shape index (κ3) is 6.36. The number of amides is 1. The zero-order valence-corrected chi connectivity index (χ0v) is 24.4. The second-order valence-electron chi connectivity index (χ2n) is 9.40. The van der Waals surface area contributed by atoms with Crippen LogP contribution >= 0.6 is 27.5 Å². The Morgan fingerprint density at radius 3 is 2.38 bits per heavy atom. The lowest BCUT2D eigenvalue weighted by molar-refractivity contribution is 0.0955. The maximum absolute atomic E-state index is 12.7. The van der Waals surface area contributed by atoms with Crippen molar-refractivity contribution in [2.45, 2.75) is 20.5 Å². The third-order valence-electron chi connectivity index (χ3n) is 6.44. The molecular weight excluding hydrogens is 586 g/mol. The topological polar surface area (TPSA) is 55.6 Å². The molecular formula is C33H27BrClN3O2. The summed E-state index contributed by atoms with van der Waals surface area (Å²) in [5.41, 5.74) is 10.4. The number of hydrazone groups is 1. The molecule has 0 aliphatic carbocycles. The zero-order valence-electron chi connectivity index (χ0n) is 22.1. The molecule has 0 aliphatic rings. The highest BCUT2D eigenvalue weighted by atomic mass is 79.9. The second-order valence-corrected chi connectivity index (χ2v) is 10.7. The fraction of sp³-hybridized carbons (Fsp3) is 0.0909. The van der Waals surface area contributed by atoms with Gasteiger partial charge in [-0.05, 0) is 95.0 Å². The predicted molar refractivity (Wildman–Crippen MR) is 166 cm³/mol. The molecule has 5 rings (SSSR count). The average molecular weight is 613 g/mol. The van der Waals surface area contributed by atoms with E-state index in [9.17, 15) is 4.79 Å². The number of ether oxygens (including phenoxy) is 1. The lowest BCUT2D eigenvalue weighted by Gasteiger charge is -2.13. The largest absolute Gasteiger partial charge is 0.486 e. The number of nitrogens with zero attached hydrogens (tertiary/aromatic N) is 2. The highest BCUT2D eigenvalue weighted by molar-refractivity contribution is 9.10. The van der Waals surface area contributed by atoms with Crippen molar-refractivity contribution in [3.05, 3.63) is 141 Å². The molecule has 0 radical (unpaired) electrons. The van der Waals surface area contributed by atoms with Gasteiger partial charge in [-0.15, -0.1) is 0 Å². The first-order valence-corrected chi connectivity index (χ1v) is 13.9. The van der Waals surface area contributed by atoms with E-state index in [1.54, 1.807) is 24.4 Å². The number of hydrogen-bond acceptors (Lipinski definition) is 3. The van der Waals surface area contributed by atoms with Crippen LogP contribution in [-0.2, 0) is 6.61 Å². The standard InChI is InChI=1S/C33H27BrClN3O2/c1-22-8-11-24(12-9-22)21-40-32-29(34)18-25(19-30(32)35)20-36-37-33(39)27-13-15-28(16-14-27)38-23(2)10-17-31(38)26-6-4-3-5-7-26/h3-20H,21H2,1-2H3,(H,37,39)/b36-20+. The van der Waals surface area contributed by atoms with Gasteiger partial charge in [0, 0.05) is 16.9 Å². The van der Waals surface area contributed by atoms with Gasteiger partial charge in [-0.1, -0.05) is 71.8 Å². The molecule has 0 spiro atoms. The van der Waals surface area contributed by atoms with E-state index >= 15 is 0 Å². The van der Waals surface area contributed by atoms with Gasteiger partial charge in [0.15, 0.2) is 5.75 Å². The Bertz CT molecular complexity index is 1640. The first-order valence-electron chi connectivity index (χ1n) is 12.7. The van der Waals surface area contributed by atoms with Gasteiger partial charge in [0.25, 0.3) is 5.91 Å². The number of nitrogens with one attached hydrogen (secondary N) is 1. The molecule has 1 aromatic heterocycles. The molecule has 1 heterocycles. The van der Waals surface area contributed by atoms with E-state index in [2.05, 4.69) is 62.2 Å². The minimum absolute atomic E-state index is 0.307. The van der Waals surface area contributed by atoms with Crippen molar-refractivity contribution in [3.63, 3.8) is 0 Å². The summed E-state index contributed by atoms with van der Waals surface area (Å²) < 4.78 is 8.80. The van der Waals surface area contributed by atoms with Crippen molar-refractivity contribution in [1.82, 2.24) is 9.99 Å². The summed E-state index contributed by atoms with van der Waals surface area (Å²) in [6, 6.07) is 33.6. The van der Waals surface area contributed by atoms with Crippen LogP contribution in [0.4, 0.5) is 0 Å². The second kappa shape index (κ2) is 12.4. The number of carbonyl (C=O) groups excluding carboxylic acids is 1. The lowest BCUT2D eigenvalue weighted by atomic mass is 10.1. The average Bonchev–Trinajstić information content (AvgIpc) is 3.35. The molecule has 0 atom stereocenters. The smallest absolute Gasteiger partial charge is 0.271 e. The highest BCUT2D eigenvalue weighted by Crippen LogP contribution is 2.35. The summed E-state index contributed by atoms with van der Waals surface area (Å²) in [5, 5.41) is 4.57. The molecule has 7 heteroatoms. The zero-order chi connectivity index (χ0) is 28.1. The van der Waals surface area contributed by atoms with Crippen LogP contribution in [0, 0.1) is 13.8 Å². The van der Waals surface area contributed by atoms with E-state index in [0.29, 0.717) is 33.0 Å². The molecule has 0 aliphatic heterocycles. The Labute approximate surface area is 247 Å². The number of halogens is 2. The van der Waals surface area contributed by atoms with Crippen LogP contribution in [0.2, 0.25) is 5.02 Å². The Morgan fingerprint density at radius 2 is 1.68 bits per heavy atom. The molecule has 0 saturated heterocycles. The van der Waals surface area contributed by atoms with E-state index in [4.69, 9.17) is 16.3 Å². The summed E-state index contributed by atoms with van der Waals surface area (Å²) in [6.45, 7) is 4.51. The third-order valence-corrected chi connectivity index (χ3v) is 7.31. The Morgan fingerprint density at radius 1 is 0.950 bits per heavy atom. The maximum atomic E-state index is 12.7. The molecule has 0 saturated carbocycles. The van der Waals surface area contributed by atoms with Crippen LogP contribution in [0.25, 0.3) is 16.9 Å². The lowest BCUT2D eigenvalue weighted by Crippen LogP contribution is -2.17. The highest BCUT2D eigenvalue weighted by Gasteiger charge is 2.12. The van der Waals surface area contributed by atoms with E-state index < -0.39 is 0 Å². The number of benzene rings is 4. The molecule has 5 aromatic rings. The van der Waals surface area contributed by atoms with Crippen LogP contribution < -0.4 is 10.2 Å². The van der Waals surface area contributed by atoms with Crippen LogP contribution in [-0.4, -0.2) is 16.7 Å². The quantitative estimate of drug-likeness (QED) is 0.141. The fourth-order valence-corrected chi connectivity index (χ4v) is 5.33. The normalized spacial score (nSPS) is 11.1. The Balaban J connectivity index is 1.23. The summed E-state index contributed by atoms with van der Waals surface area (Å²) in [6.07, 6.45) is 1.54. The minimum atomic E-state index is -0.307. The number of carbonyl (C=O) groups is 1. The number of aryl methyl sites for hydroxylation is 2. The summed E-state index contributed by atoms with van der Waals surface area (Å²) in [7, 11) is 0. The molecule has 1 N–H and O–H groups in total. The van der Waals surface area contributed by atoms with Crippen molar-refractivity contribution in [3.8, 4) is 22.7 Å². The first kappa shape index (κ1) is 27.4. The SMILES string of the molecule is Cc1ccc(COc2c(Cl)cc(/C=N/NC(=O)c3ccc(-n4c(C)ccc4-c4ccccc4)cc3)cc2Br)cc1. The summed E-state index contributed by atoms with van der Waals surface area (Å²) >= 11 is 10.0. The van der Waals surface area contributed by atoms with Gasteiger partial charge in [-0.3, -0.25) is 4.79 Å². The number of hydrogen-bond donors (Lipinski definition) is 1. The van der Waals surface area contributed by atoms with Crippen molar-refractivity contribution in [1.29, 1.82) is 0 Å². The molecule has 40 heavy (non-hydrogen) atoms. The number of rotatable bonds is 8. The van der Waals surface area contributed by atoms with Crippen LogP contribution in [0.3, 0.4) is 0 Å². The van der Waals surface area contributed by atoms with Crippen LogP contribution in [0.1, 0.15) is 32.7 Å². The van der Waals surface area contributed by atoms with Crippen molar-refractivity contribution in [2.24, 2.45) is 5.10 Å². The van der Waals surface area contributed by atoms with Crippen LogP contribution in [0.15, 0.2) is 113 Å². The fourth-order valence-electron chi connectivity index (χ4n) is 4.34. The molecule has 0 fully saturated rings. The molecule has 4 aromatic carbocycles. The number of aromatic nitrogens is 1. The van der Waals surface area contributed by atoms with Gasteiger partial charge in [0.2, 0.25) is 0 Å². The molecule has 0 unspecified atom stereocenters. The van der Waals surface area contributed by atoms with Gasteiger partial charge in [0.05, 0.1) is 21.4 Å². The molecule has 200 valence electrons. The predicted octanol–water partition coefficient (Wildman–Crippen LogP) is 8.52. The minimum Gasteiger partial charge on any atom is -0.486 e. The molecule has 1 amide bonds. The first-order chi connectivity index (χ1) is 19.4. The molecule has 5 nitrogen and oxygen atoms in total. The van der Waals surface area contributed by atoms with Crippen LogP contribution in [0.5, 0.6) is 5.75 Å². The van der Waals surface area contributed by atoms with E-state index in [1.807, 2.05) is 67.6 Å². The summed E-state index contributed by atoms with van der Waals surface area (Å²) in [4.78, 5) is 12.7. The van der Waals surface area contributed by atoms with E-state index in [-0.39, 0.29) is 5.91 Å². The van der Waals surface area contributed by atoms with E-state index in [0.717, 1.165) is 28.2 Å². The van der Waals surface area contributed by atoms with E-state index in [1.165, 1.54) is 5.56 Å². The van der Waals surface area contributed by atoms with Gasteiger partial charge >= 0.3 is 0 Å². The maximum Gasteiger partial charge on any atom is 0.271 e. The molecule has 0 bridgehead atoms. The van der Waals surface area contributed by atoms with Gasteiger partial charge in [0.1, 0.15) is 6.61 Å². The van der Waals surface area contributed by atoms with Gasteiger partial charge < -0.3 is 9.30 Å². The van der Waals surface area contributed by atoms with Crippen molar-refractivity contribution < 1.29 is 9.53 Å². The van der Waals surface area contributed by atoms with Crippen molar-refractivity contribution in [2.75, 3.05) is 0 Å². The van der Waals surface area contributed by atoms with Crippen molar-refractivity contribution >= 4 is 39.7 Å². The monoisotopic (exact) mass is 611 g/mol. The van der Waals surface area contributed by atoms with Gasteiger partial charge in [-0.25, -0.2) is 5.43 Å². The van der Waals surface area contributed by atoms with Gasteiger partial charge in [-0.2, -0.15) is 5.10 Å².